The lowest BCUT2D eigenvalue weighted by Gasteiger charge is -2.20. The molecule has 0 bridgehead atoms. The Morgan fingerprint density at radius 1 is 1.08 bits per heavy atom. The van der Waals surface area contributed by atoms with Crippen molar-refractivity contribution in [1.82, 2.24) is 10.6 Å². The number of carbonyl (C=O) groups is 3. The van der Waals surface area contributed by atoms with Crippen LogP contribution in [-0.2, 0) is 20.8 Å². The molecule has 3 rings (SSSR count). The molecule has 1 heterocycles. The SMILES string of the molecule is CCC(C)C(NC(=O)CNC(=O)COc1ccc2c(C)c(Cc3ccccc3)c(=O)oc2c1)C(=O)O. The zero-order chi connectivity index (χ0) is 26.2. The van der Waals surface area contributed by atoms with E-state index in [2.05, 4.69) is 10.6 Å². The highest BCUT2D eigenvalue weighted by Gasteiger charge is 2.25. The van der Waals surface area contributed by atoms with Crippen LogP contribution in [0.2, 0.25) is 0 Å². The second kappa shape index (κ2) is 12.0. The van der Waals surface area contributed by atoms with Crippen molar-refractivity contribution in [3.05, 3.63) is 75.6 Å². The van der Waals surface area contributed by atoms with Crippen LogP contribution in [0.3, 0.4) is 0 Å². The summed E-state index contributed by atoms with van der Waals surface area (Å²) in [6.07, 6.45) is 1.04. The molecule has 0 saturated carbocycles. The molecular weight excluding hydrogens is 464 g/mol. The lowest BCUT2D eigenvalue weighted by Crippen LogP contribution is -2.48. The monoisotopic (exact) mass is 494 g/mol. The molecule has 190 valence electrons. The lowest BCUT2D eigenvalue weighted by atomic mass is 9.99. The normalized spacial score (nSPS) is 12.5. The van der Waals surface area contributed by atoms with Crippen LogP contribution in [0.25, 0.3) is 11.0 Å². The van der Waals surface area contributed by atoms with Crippen molar-refractivity contribution in [1.29, 1.82) is 0 Å². The summed E-state index contributed by atoms with van der Waals surface area (Å²) < 4.78 is 11.0. The first kappa shape index (κ1) is 26.5. The summed E-state index contributed by atoms with van der Waals surface area (Å²) in [6.45, 7) is 4.67. The second-order valence-corrected chi connectivity index (χ2v) is 8.65. The van der Waals surface area contributed by atoms with Crippen LogP contribution in [0.5, 0.6) is 5.75 Å². The van der Waals surface area contributed by atoms with Gasteiger partial charge in [0, 0.05) is 23.4 Å². The Hall–Kier alpha value is -4.14. The van der Waals surface area contributed by atoms with Crippen molar-refractivity contribution in [3.63, 3.8) is 0 Å². The molecule has 0 saturated heterocycles. The van der Waals surface area contributed by atoms with E-state index in [1.54, 1.807) is 25.1 Å². The third-order valence-corrected chi connectivity index (χ3v) is 6.09. The molecule has 0 fully saturated rings. The Morgan fingerprint density at radius 3 is 2.47 bits per heavy atom. The Balaban J connectivity index is 1.59. The molecular formula is C27H30N2O7. The molecule has 9 heteroatoms. The molecule has 36 heavy (non-hydrogen) atoms. The average Bonchev–Trinajstić information content (AvgIpc) is 2.87. The van der Waals surface area contributed by atoms with Crippen molar-refractivity contribution in [2.45, 2.75) is 39.7 Å². The maximum atomic E-state index is 12.6. The summed E-state index contributed by atoms with van der Waals surface area (Å²) in [4.78, 5) is 48.1. The number of fused-ring (bicyclic) bond motifs is 1. The van der Waals surface area contributed by atoms with E-state index in [4.69, 9.17) is 9.15 Å². The number of aliphatic carboxylic acids is 1. The molecule has 3 aromatic rings. The fourth-order valence-corrected chi connectivity index (χ4v) is 3.75. The van der Waals surface area contributed by atoms with Crippen LogP contribution in [0.4, 0.5) is 0 Å². The van der Waals surface area contributed by atoms with E-state index in [0.717, 1.165) is 16.5 Å². The molecule has 1 aromatic heterocycles. The summed E-state index contributed by atoms with van der Waals surface area (Å²) in [5.74, 6) is -2.22. The van der Waals surface area contributed by atoms with Crippen LogP contribution in [0.1, 0.15) is 37.0 Å². The predicted molar refractivity (Wildman–Crippen MR) is 134 cm³/mol. The maximum absolute atomic E-state index is 12.6. The number of ether oxygens (including phenoxy) is 1. The van der Waals surface area contributed by atoms with Gasteiger partial charge in [-0.1, -0.05) is 50.6 Å². The van der Waals surface area contributed by atoms with Crippen molar-refractivity contribution in [3.8, 4) is 5.75 Å². The summed E-state index contributed by atoms with van der Waals surface area (Å²) in [5, 5.41) is 14.8. The first-order chi connectivity index (χ1) is 17.2. The number of nitrogens with one attached hydrogen (secondary N) is 2. The fourth-order valence-electron chi connectivity index (χ4n) is 3.75. The van der Waals surface area contributed by atoms with Crippen molar-refractivity contribution in [2.24, 2.45) is 5.92 Å². The summed E-state index contributed by atoms with van der Waals surface area (Å²) >= 11 is 0. The van der Waals surface area contributed by atoms with Gasteiger partial charge in [-0.15, -0.1) is 0 Å². The number of benzene rings is 2. The van der Waals surface area contributed by atoms with E-state index in [-0.39, 0.29) is 19.1 Å². The minimum absolute atomic E-state index is 0.253. The van der Waals surface area contributed by atoms with Gasteiger partial charge in [0.05, 0.1) is 6.54 Å². The number of carboxylic acid groups (broad SMARTS) is 1. The zero-order valence-corrected chi connectivity index (χ0v) is 20.5. The fraction of sp³-hybridized carbons (Fsp3) is 0.333. The van der Waals surface area contributed by atoms with Crippen molar-refractivity contribution >= 4 is 28.8 Å². The van der Waals surface area contributed by atoms with Gasteiger partial charge in [0.2, 0.25) is 5.91 Å². The standard InChI is InChI=1S/C27H30N2O7/c1-4-16(2)25(26(32)33)29-23(30)14-28-24(31)15-35-19-10-11-20-17(3)21(27(34)36-22(20)13-19)12-18-8-6-5-7-9-18/h5-11,13,16,25H,4,12,14-15H2,1-3H3,(H,28,31)(H,29,30)(H,32,33). The predicted octanol–water partition coefficient (Wildman–Crippen LogP) is 2.80. The lowest BCUT2D eigenvalue weighted by molar-refractivity contribution is -0.143. The molecule has 0 aliphatic heterocycles. The van der Waals surface area contributed by atoms with Crippen LogP contribution in [0, 0.1) is 12.8 Å². The number of amides is 2. The summed E-state index contributed by atoms with van der Waals surface area (Å²) in [6, 6.07) is 13.6. The summed E-state index contributed by atoms with van der Waals surface area (Å²) in [5.41, 5.74) is 2.32. The molecule has 0 aliphatic rings. The minimum atomic E-state index is -1.13. The Labute approximate surface area is 208 Å². The van der Waals surface area contributed by atoms with Gasteiger partial charge in [0.25, 0.3) is 5.91 Å². The van der Waals surface area contributed by atoms with Gasteiger partial charge in [0.1, 0.15) is 17.4 Å². The van der Waals surface area contributed by atoms with Gasteiger partial charge in [-0.3, -0.25) is 9.59 Å². The van der Waals surface area contributed by atoms with Gasteiger partial charge < -0.3 is 24.9 Å². The Bertz CT molecular complexity index is 1300. The van der Waals surface area contributed by atoms with Crippen LogP contribution in [-0.4, -0.2) is 42.1 Å². The molecule has 3 N–H and O–H groups in total. The van der Waals surface area contributed by atoms with E-state index in [0.29, 0.717) is 29.7 Å². The van der Waals surface area contributed by atoms with E-state index in [1.165, 1.54) is 0 Å². The molecule has 2 unspecified atom stereocenters. The van der Waals surface area contributed by atoms with Gasteiger partial charge in [0.15, 0.2) is 6.61 Å². The van der Waals surface area contributed by atoms with Crippen LogP contribution < -0.4 is 21.0 Å². The third-order valence-electron chi connectivity index (χ3n) is 6.09. The zero-order valence-electron chi connectivity index (χ0n) is 20.5. The van der Waals surface area contributed by atoms with E-state index in [1.807, 2.05) is 44.2 Å². The number of aryl methyl sites for hydroxylation is 1. The topological polar surface area (TPSA) is 135 Å². The Morgan fingerprint density at radius 2 is 1.81 bits per heavy atom. The maximum Gasteiger partial charge on any atom is 0.340 e. The smallest absolute Gasteiger partial charge is 0.340 e. The average molecular weight is 495 g/mol. The quantitative estimate of drug-likeness (QED) is 0.349. The van der Waals surface area contributed by atoms with Gasteiger partial charge in [-0.25, -0.2) is 9.59 Å². The number of rotatable bonds is 11. The van der Waals surface area contributed by atoms with E-state index in [9.17, 15) is 24.3 Å². The second-order valence-electron chi connectivity index (χ2n) is 8.65. The number of hydrogen-bond acceptors (Lipinski definition) is 6. The molecule has 0 radical (unpaired) electrons. The van der Waals surface area contributed by atoms with Gasteiger partial charge in [-0.05, 0) is 36.1 Å². The molecule has 2 amide bonds. The molecule has 9 nitrogen and oxygen atoms in total. The van der Waals surface area contributed by atoms with Crippen molar-refractivity contribution < 1.29 is 28.6 Å². The van der Waals surface area contributed by atoms with E-state index < -0.39 is 29.5 Å². The highest BCUT2D eigenvalue weighted by molar-refractivity contribution is 5.88. The van der Waals surface area contributed by atoms with Crippen LogP contribution >= 0.6 is 0 Å². The third kappa shape index (κ3) is 6.71. The largest absolute Gasteiger partial charge is 0.484 e. The highest BCUT2D eigenvalue weighted by Crippen LogP contribution is 2.25. The van der Waals surface area contributed by atoms with Gasteiger partial charge >= 0.3 is 11.6 Å². The van der Waals surface area contributed by atoms with Crippen LogP contribution in [0.15, 0.2) is 57.7 Å². The van der Waals surface area contributed by atoms with E-state index >= 15 is 0 Å². The first-order valence-corrected chi connectivity index (χ1v) is 11.7. The highest BCUT2D eigenvalue weighted by atomic mass is 16.5. The van der Waals surface area contributed by atoms with Crippen molar-refractivity contribution in [2.75, 3.05) is 13.2 Å². The number of carbonyl (C=O) groups excluding carboxylic acids is 2. The molecule has 0 aliphatic carbocycles. The number of carboxylic acids is 1. The molecule has 2 atom stereocenters. The summed E-state index contributed by atoms with van der Waals surface area (Å²) in [7, 11) is 0. The Kier molecular flexibility index (Phi) is 8.83. The molecule has 0 spiro atoms. The first-order valence-electron chi connectivity index (χ1n) is 11.7. The van der Waals surface area contributed by atoms with Gasteiger partial charge in [-0.2, -0.15) is 0 Å². The molecule has 2 aromatic carbocycles. The minimum Gasteiger partial charge on any atom is -0.484 e. The number of hydrogen-bond donors (Lipinski definition) is 3.